The lowest BCUT2D eigenvalue weighted by atomic mass is 10.0. The number of aromatic amines is 1. The second-order valence-electron chi connectivity index (χ2n) is 7.32. The predicted octanol–water partition coefficient (Wildman–Crippen LogP) is 3.42. The summed E-state index contributed by atoms with van der Waals surface area (Å²) in [6.45, 7) is 3.00. The Labute approximate surface area is 184 Å². The number of nitrogens with one attached hydrogen (secondary N) is 1. The number of benzene rings is 1. The van der Waals surface area contributed by atoms with Crippen LogP contribution in [0, 0.1) is 11.8 Å². The molecule has 31 heavy (non-hydrogen) atoms. The number of rotatable bonds is 6. The van der Waals surface area contributed by atoms with Crippen LogP contribution in [0.3, 0.4) is 0 Å². The summed E-state index contributed by atoms with van der Waals surface area (Å²) < 4.78 is 5.20. The number of nitrogens with zero attached hydrogens (tertiary/aromatic N) is 4. The molecule has 1 unspecified atom stereocenters. The number of pyridine rings is 1. The summed E-state index contributed by atoms with van der Waals surface area (Å²) >= 11 is 1.38. The first-order valence-corrected chi connectivity index (χ1v) is 10.7. The van der Waals surface area contributed by atoms with Gasteiger partial charge in [0.05, 0.1) is 18.3 Å². The molecule has 0 aliphatic carbocycles. The molecule has 0 aliphatic heterocycles. The highest BCUT2D eigenvalue weighted by atomic mass is 32.1. The van der Waals surface area contributed by atoms with E-state index in [1.54, 1.807) is 26.4 Å². The van der Waals surface area contributed by atoms with Crippen LogP contribution >= 0.6 is 11.3 Å². The van der Waals surface area contributed by atoms with Gasteiger partial charge in [-0.2, -0.15) is 5.10 Å². The number of aromatic nitrogens is 4. The Morgan fingerprint density at radius 2 is 2.19 bits per heavy atom. The van der Waals surface area contributed by atoms with Crippen molar-refractivity contribution in [3.63, 3.8) is 0 Å². The van der Waals surface area contributed by atoms with Crippen LogP contribution in [0.2, 0.25) is 0 Å². The van der Waals surface area contributed by atoms with Crippen LogP contribution in [-0.2, 0) is 10.3 Å². The van der Waals surface area contributed by atoms with Crippen molar-refractivity contribution in [1.29, 1.82) is 0 Å². The summed E-state index contributed by atoms with van der Waals surface area (Å²) in [5, 5.41) is 21.0. The standard InChI is InChI=1S/C23H23N5O2S/c1-23(29,22-24-8-11-31-22)7-6-16-4-5-20-19(12-16)18(17-14-25-26-15-17)13-21(27-20)28(2)9-10-30-3/h4-5,8,11-15,29H,9-10H2,1-3H3,(H,25,26). The highest BCUT2D eigenvalue weighted by Gasteiger charge is 2.22. The third-order valence-corrected chi connectivity index (χ3v) is 5.91. The molecule has 0 radical (unpaired) electrons. The topological polar surface area (TPSA) is 87.2 Å². The molecule has 1 aromatic carbocycles. The summed E-state index contributed by atoms with van der Waals surface area (Å²) in [7, 11) is 3.68. The van der Waals surface area contributed by atoms with Crippen LogP contribution in [0.15, 0.2) is 48.2 Å². The van der Waals surface area contributed by atoms with Gasteiger partial charge in [-0.1, -0.05) is 11.8 Å². The molecular weight excluding hydrogens is 410 g/mol. The van der Waals surface area contributed by atoms with Crippen LogP contribution < -0.4 is 4.90 Å². The fraction of sp³-hybridized carbons (Fsp3) is 0.261. The molecule has 8 heteroatoms. The number of H-pyrrole nitrogens is 1. The van der Waals surface area contributed by atoms with Gasteiger partial charge in [0, 0.05) is 55.0 Å². The van der Waals surface area contributed by atoms with E-state index in [-0.39, 0.29) is 0 Å². The van der Waals surface area contributed by atoms with Gasteiger partial charge in [-0.05, 0) is 36.8 Å². The van der Waals surface area contributed by atoms with E-state index in [0.29, 0.717) is 11.6 Å². The van der Waals surface area contributed by atoms with E-state index in [1.165, 1.54) is 11.3 Å². The predicted molar refractivity (Wildman–Crippen MR) is 123 cm³/mol. The van der Waals surface area contributed by atoms with Gasteiger partial charge in [0.2, 0.25) is 0 Å². The second kappa shape index (κ2) is 8.86. The van der Waals surface area contributed by atoms with Gasteiger partial charge in [0.25, 0.3) is 0 Å². The number of hydrogen-bond donors (Lipinski definition) is 2. The fourth-order valence-electron chi connectivity index (χ4n) is 3.18. The summed E-state index contributed by atoms with van der Waals surface area (Å²) in [5.41, 5.74) is 2.32. The van der Waals surface area contributed by atoms with E-state index in [2.05, 4.69) is 31.9 Å². The molecule has 4 aromatic rings. The minimum atomic E-state index is -1.30. The van der Waals surface area contributed by atoms with Crippen LogP contribution in [0.25, 0.3) is 22.0 Å². The number of methoxy groups -OCH3 is 1. The van der Waals surface area contributed by atoms with Crippen molar-refractivity contribution in [2.75, 3.05) is 32.2 Å². The van der Waals surface area contributed by atoms with Crippen molar-refractivity contribution >= 4 is 28.1 Å². The zero-order valence-corrected chi connectivity index (χ0v) is 18.4. The maximum absolute atomic E-state index is 10.7. The lowest BCUT2D eigenvalue weighted by Crippen LogP contribution is -2.23. The van der Waals surface area contributed by atoms with Crippen molar-refractivity contribution in [2.24, 2.45) is 0 Å². The van der Waals surface area contributed by atoms with E-state index in [4.69, 9.17) is 9.72 Å². The molecule has 0 saturated carbocycles. The maximum Gasteiger partial charge on any atom is 0.174 e. The number of anilines is 1. The highest BCUT2D eigenvalue weighted by molar-refractivity contribution is 7.09. The molecule has 0 amide bonds. The van der Waals surface area contributed by atoms with Gasteiger partial charge in [-0.3, -0.25) is 5.10 Å². The summed E-state index contributed by atoms with van der Waals surface area (Å²) in [4.78, 5) is 11.1. The molecule has 158 valence electrons. The molecule has 2 N–H and O–H groups in total. The molecule has 0 aliphatic rings. The van der Waals surface area contributed by atoms with Crippen molar-refractivity contribution in [2.45, 2.75) is 12.5 Å². The Hall–Kier alpha value is -3.25. The molecule has 1 atom stereocenters. The van der Waals surface area contributed by atoms with Gasteiger partial charge < -0.3 is 14.7 Å². The van der Waals surface area contributed by atoms with E-state index in [1.807, 2.05) is 42.9 Å². The Morgan fingerprint density at radius 1 is 1.32 bits per heavy atom. The van der Waals surface area contributed by atoms with Crippen LogP contribution in [-0.4, -0.2) is 52.6 Å². The van der Waals surface area contributed by atoms with Crippen LogP contribution in [0.1, 0.15) is 17.5 Å². The molecule has 3 aromatic heterocycles. The molecular formula is C23H23N5O2S. The average Bonchev–Trinajstić information content (AvgIpc) is 3.50. The van der Waals surface area contributed by atoms with E-state index in [0.717, 1.165) is 40.0 Å². The number of fused-ring (bicyclic) bond motifs is 1. The highest BCUT2D eigenvalue weighted by Crippen LogP contribution is 2.31. The maximum atomic E-state index is 10.7. The first kappa shape index (κ1) is 21.0. The van der Waals surface area contributed by atoms with Crippen LogP contribution in [0.5, 0.6) is 0 Å². The van der Waals surface area contributed by atoms with Gasteiger partial charge >= 0.3 is 0 Å². The normalized spacial score (nSPS) is 12.9. The van der Waals surface area contributed by atoms with E-state index >= 15 is 0 Å². The van der Waals surface area contributed by atoms with Crippen molar-refractivity contribution in [1.82, 2.24) is 20.2 Å². The molecule has 0 spiro atoms. The second-order valence-corrected chi connectivity index (χ2v) is 8.22. The summed E-state index contributed by atoms with van der Waals surface area (Å²) in [6.07, 6.45) is 5.31. The van der Waals surface area contributed by atoms with Crippen molar-refractivity contribution in [3.05, 3.63) is 58.8 Å². The Bertz CT molecular complexity index is 1220. The van der Waals surface area contributed by atoms with Crippen molar-refractivity contribution < 1.29 is 9.84 Å². The molecule has 7 nitrogen and oxygen atoms in total. The van der Waals surface area contributed by atoms with Gasteiger partial charge in [0.1, 0.15) is 10.8 Å². The first-order chi connectivity index (χ1) is 15.0. The minimum absolute atomic E-state index is 0.574. The Kier molecular flexibility index (Phi) is 6.00. The third-order valence-electron chi connectivity index (χ3n) is 4.93. The quantitative estimate of drug-likeness (QED) is 0.453. The monoisotopic (exact) mass is 433 g/mol. The molecule has 0 bridgehead atoms. The van der Waals surface area contributed by atoms with Gasteiger partial charge in [-0.25, -0.2) is 9.97 Å². The third kappa shape index (κ3) is 4.59. The van der Waals surface area contributed by atoms with E-state index < -0.39 is 5.60 Å². The lowest BCUT2D eigenvalue weighted by Gasteiger charge is -2.19. The zero-order chi connectivity index (χ0) is 21.8. The van der Waals surface area contributed by atoms with Gasteiger partial charge in [0.15, 0.2) is 5.60 Å². The minimum Gasteiger partial charge on any atom is -0.383 e. The molecule has 4 rings (SSSR count). The van der Waals surface area contributed by atoms with Crippen molar-refractivity contribution in [3.8, 4) is 23.0 Å². The summed E-state index contributed by atoms with van der Waals surface area (Å²) in [6, 6.07) is 7.91. The average molecular weight is 434 g/mol. The first-order valence-electron chi connectivity index (χ1n) is 9.77. The Morgan fingerprint density at radius 3 is 2.90 bits per heavy atom. The number of likely N-dealkylation sites (N-methyl/N-ethyl adjacent to an activating group) is 1. The molecule has 3 heterocycles. The smallest absolute Gasteiger partial charge is 0.174 e. The number of aliphatic hydroxyl groups is 1. The van der Waals surface area contributed by atoms with E-state index in [9.17, 15) is 5.11 Å². The number of thiazole rings is 1. The Balaban J connectivity index is 1.77. The summed E-state index contributed by atoms with van der Waals surface area (Å²) in [5.74, 6) is 6.89. The number of hydrogen-bond acceptors (Lipinski definition) is 7. The largest absolute Gasteiger partial charge is 0.383 e. The van der Waals surface area contributed by atoms with Gasteiger partial charge in [-0.15, -0.1) is 11.3 Å². The molecule has 0 fully saturated rings. The van der Waals surface area contributed by atoms with Crippen LogP contribution in [0.4, 0.5) is 5.82 Å². The zero-order valence-electron chi connectivity index (χ0n) is 17.6. The number of ether oxygens (including phenoxy) is 1. The lowest BCUT2D eigenvalue weighted by molar-refractivity contribution is 0.122. The SMILES string of the molecule is COCCN(C)c1cc(-c2cn[nH]c2)c2cc(C#CC(C)(O)c3nccs3)ccc2n1. The fourth-order valence-corrected chi connectivity index (χ4v) is 3.83. The molecule has 0 saturated heterocycles.